The summed E-state index contributed by atoms with van der Waals surface area (Å²) in [5.74, 6) is 1.98. The van der Waals surface area contributed by atoms with Crippen molar-refractivity contribution in [1.29, 1.82) is 0 Å². The first-order chi connectivity index (χ1) is 13.7. The molecule has 7 nitrogen and oxygen atoms in total. The number of nitrogens with zero attached hydrogens (tertiary/aromatic N) is 5. The first-order valence-electron chi connectivity index (χ1n) is 9.58. The van der Waals surface area contributed by atoms with Crippen molar-refractivity contribution in [2.75, 3.05) is 25.5 Å². The second kappa shape index (κ2) is 8.21. The lowest BCUT2D eigenvalue weighted by molar-refractivity contribution is 0.0709. The van der Waals surface area contributed by atoms with Crippen LogP contribution in [0.5, 0.6) is 0 Å². The summed E-state index contributed by atoms with van der Waals surface area (Å²) in [4.78, 5) is 27.5. The topological polar surface area (TPSA) is 75.9 Å². The van der Waals surface area contributed by atoms with Gasteiger partial charge in [0, 0.05) is 57.4 Å². The van der Waals surface area contributed by atoms with Gasteiger partial charge in [0.25, 0.3) is 5.91 Å². The molecule has 1 fully saturated rings. The molecule has 3 aromatic rings. The van der Waals surface area contributed by atoms with Gasteiger partial charge in [-0.1, -0.05) is 30.3 Å². The standard InChI is InChI=1S/C21H24N6O/c1-22-21-24-13-18(14-25-21)20(28)26-10-7-17(8-11-26)19-23-9-12-27(19)15-16-5-3-2-4-6-16/h2-6,9,12-14,17H,7-8,10-11,15H2,1H3,(H,22,24,25). The Bertz CT molecular complexity index is 914. The van der Waals surface area contributed by atoms with Crippen LogP contribution in [0, 0.1) is 0 Å². The third-order valence-electron chi connectivity index (χ3n) is 5.21. The van der Waals surface area contributed by atoms with Crippen LogP contribution in [0.25, 0.3) is 0 Å². The number of hydrogen-bond acceptors (Lipinski definition) is 5. The van der Waals surface area contributed by atoms with Crippen LogP contribution in [0.2, 0.25) is 0 Å². The van der Waals surface area contributed by atoms with Crippen molar-refractivity contribution < 1.29 is 4.79 Å². The Labute approximate surface area is 164 Å². The van der Waals surface area contributed by atoms with E-state index in [1.54, 1.807) is 19.4 Å². The van der Waals surface area contributed by atoms with Crippen LogP contribution in [0.1, 0.15) is 40.5 Å². The molecule has 1 aromatic carbocycles. The van der Waals surface area contributed by atoms with Gasteiger partial charge in [0.15, 0.2) is 0 Å². The van der Waals surface area contributed by atoms with E-state index < -0.39 is 0 Å². The highest BCUT2D eigenvalue weighted by atomic mass is 16.2. The van der Waals surface area contributed by atoms with Crippen molar-refractivity contribution >= 4 is 11.9 Å². The molecule has 7 heteroatoms. The Morgan fingerprint density at radius 1 is 1.11 bits per heavy atom. The normalized spacial score (nSPS) is 14.8. The lowest BCUT2D eigenvalue weighted by Gasteiger charge is -2.32. The lowest BCUT2D eigenvalue weighted by Crippen LogP contribution is -2.38. The molecule has 28 heavy (non-hydrogen) atoms. The van der Waals surface area contributed by atoms with Gasteiger partial charge < -0.3 is 14.8 Å². The molecule has 2 aromatic heterocycles. The maximum Gasteiger partial charge on any atom is 0.256 e. The Morgan fingerprint density at radius 2 is 1.82 bits per heavy atom. The third-order valence-corrected chi connectivity index (χ3v) is 5.21. The fourth-order valence-electron chi connectivity index (χ4n) is 3.69. The lowest BCUT2D eigenvalue weighted by atomic mass is 9.95. The Hall–Kier alpha value is -3.22. The van der Waals surface area contributed by atoms with E-state index in [0.29, 0.717) is 17.4 Å². The molecule has 1 aliphatic heterocycles. The highest BCUT2D eigenvalue weighted by molar-refractivity contribution is 5.93. The molecule has 0 radical (unpaired) electrons. The number of benzene rings is 1. The number of carbonyl (C=O) groups is 1. The van der Waals surface area contributed by atoms with Crippen molar-refractivity contribution in [3.8, 4) is 0 Å². The molecule has 0 saturated carbocycles. The van der Waals surface area contributed by atoms with Crippen LogP contribution in [0.3, 0.4) is 0 Å². The molecule has 4 rings (SSSR count). The molecule has 1 amide bonds. The zero-order valence-corrected chi connectivity index (χ0v) is 16.0. The van der Waals surface area contributed by atoms with Gasteiger partial charge in [0.2, 0.25) is 5.95 Å². The van der Waals surface area contributed by atoms with Gasteiger partial charge in [-0.2, -0.15) is 0 Å². The Kier molecular flexibility index (Phi) is 5.32. The summed E-state index contributed by atoms with van der Waals surface area (Å²) in [5.41, 5.74) is 1.79. The van der Waals surface area contributed by atoms with Gasteiger partial charge in [0.05, 0.1) is 5.56 Å². The Balaban J connectivity index is 1.39. The average Bonchev–Trinajstić information content (AvgIpc) is 3.22. The maximum atomic E-state index is 12.7. The predicted molar refractivity (Wildman–Crippen MR) is 107 cm³/mol. The molecule has 0 unspecified atom stereocenters. The SMILES string of the molecule is CNc1ncc(C(=O)N2CCC(c3nccn3Cc3ccccc3)CC2)cn1. The number of rotatable bonds is 5. The van der Waals surface area contributed by atoms with Gasteiger partial charge in [-0.05, 0) is 18.4 Å². The van der Waals surface area contributed by atoms with Crippen molar-refractivity contribution in [2.24, 2.45) is 0 Å². The van der Waals surface area contributed by atoms with E-state index >= 15 is 0 Å². The molecule has 3 heterocycles. The summed E-state index contributed by atoms with van der Waals surface area (Å²) in [6.07, 6.45) is 8.90. The fourth-order valence-corrected chi connectivity index (χ4v) is 3.69. The number of anilines is 1. The predicted octanol–water partition coefficient (Wildman–Crippen LogP) is 2.78. The molecule has 144 valence electrons. The first-order valence-corrected chi connectivity index (χ1v) is 9.58. The molecule has 1 N–H and O–H groups in total. The minimum Gasteiger partial charge on any atom is -0.357 e. The third kappa shape index (κ3) is 3.88. The van der Waals surface area contributed by atoms with Gasteiger partial charge in [0.1, 0.15) is 5.82 Å². The summed E-state index contributed by atoms with van der Waals surface area (Å²) >= 11 is 0. The van der Waals surface area contributed by atoms with Crippen molar-refractivity contribution in [2.45, 2.75) is 25.3 Å². The second-order valence-electron chi connectivity index (χ2n) is 7.01. The van der Waals surface area contributed by atoms with Crippen molar-refractivity contribution in [3.63, 3.8) is 0 Å². The molecule has 1 aliphatic rings. The number of nitrogens with one attached hydrogen (secondary N) is 1. The van der Waals surface area contributed by atoms with E-state index in [2.05, 4.69) is 49.1 Å². The van der Waals surface area contributed by atoms with Crippen LogP contribution in [-0.4, -0.2) is 50.5 Å². The average molecular weight is 376 g/mol. The van der Waals surface area contributed by atoms with Gasteiger partial charge in [-0.15, -0.1) is 0 Å². The number of piperidine rings is 1. The van der Waals surface area contributed by atoms with Gasteiger partial charge in [-0.3, -0.25) is 4.79 Å². The molecule has 0 atom stereocenters. The molecular weight excluding hydrogens is 352 g/mol. The smallest absolute Gasteiger partial charge is 0.256 e. The summed E-state index contributed by atoms with van der Waals surface area (Å²) in [6, 6.07) is 10.4. The van der Waals surface area contributed by atoms with E-state index in [0.717, 1.165) is 38.3 Å². The maximum absolute atomic E-state index is 12.7. The van der Waals surface area contributed by atoms with Crippen LogP contribution >= 0.6 is 0 Å². The van der Waals surface area contributed by atoms with E-state index in [4.69, 9.17) is 0 Å². The minimum absolute atomic E-state index is 0.00581. The van der Waals surface area contributed by atoms with Crippen LogP contribution < -0.4 is 5.32 Å². The number of imidazole rings is 1. The van der Waals surface area contributed by atoms with Crippen molar-refractivity contribution in [3.05, 3.63) is 72.1 Å². The van der Waals surface area contributed by atoms with E-state index in [1.807, 2.05) is 23.4 Å². The van der Waals surface area contributed by atoms with E-state index in [9.17, 15) is 4.79 Å². The molecule has 0 spiro atoms. The minimum atomic E-state index is -0.00581. The first kappa shape index (κ1) is 18.2. The number of carbonyl (C=O) groups excluding carboxylic acids is 1. The van der Waals surface area contributed by atoms with E-state index in [1.165, 1.54) is 5.56 Å². The number of amides is 1. The fraction of sp³-hybridized carbons (Fsp3) is 0.333. The van der Waals surface area contributed by atoms with Crippen LogP contribution in [0.4, 0.5) is 5.95 Å². The number of hydrogen-bond donors (Lipinski definition) is 1. The van der Waals surface area contributed by atoms with Crippen LogP contribution in [0.15, 0.2) is 55.1 Å². The summed E-state index contributed by atoms with van der Waals surface area (Å²) in [6.45, 7) is 2.26. The quantitative estimate of drug-likeness (QED) is 0.741. The monoisotopic (exact) mass is 376 g/mol. The molecule has 0 bridgehead atoms. The summed E-state index contributed by atoms with van der Waals surface area (Å²) in [7, 11) is 1.75. The summed E-state index contributed by atoms with van der Waals surface area (Å²) < 4.78 is 2.22. The Morgan fingerprint density at radius 3 is 2.50 bits per heavy atom. The zero-order valence-electron chi connectivity index (χ0n) is 16.0. The van der Waals surface area contributed by atoms with Gasteiger partial charge in [-0.25, -0.2) is 15.0 Å². The second-order valence-corrected chi connectivity index (χ2v) is 7.01. The number of aromatic nitrogens is 4. The summed E-state index contributed by atoms with van der Waals surface area (Å²) in [5, 5.41) is 2.86. The van der Waals surface area contributed by atoms with E-state index in [-0.39, 0.29) is 5.91 Å². The molecular formula is C21H24N6O. The van der Waals surface area contributed by atoms with Gasteiger partial charge >= 0.3 is 0 Å². The van der Waals surface area contributed by atoms with Crippen LogP contribution in [-0.2, 0) is 6.54 Å². The number of likely N-dealkylation sites (tertiary alicyclic amines) is 1. The highest BCUT2D eigenvalue weighted by Crippen LogP contribution is 2.28. The highest BCUT2D eigenvalue weighted by Gasteiger charge is 2.27. The largest absolute Gasteiger partial charge is 0.357 e. The molecule has 1 saturated heterocycles. The molecule has 0 aliphatic carbocycles. The zero-order chi connectivity index (χ0) is 19.3. The van der Waals surface area contributed by atoms with Crippen molar-refractivity contribution in [1.82, 2.24) is 24.4 Å².